The first kappa shape index (κ1) is 12.7. The Balaban J connectivity index is 1.94. The Morgan fingerprint density at radius 3 is 2.24 bits per heavy atom. The lowest BCUT2D eigenvalue weighted by Crippen LogP contribution is -2.40. The van der Waals surface area contributed by atoms with E-state index in [1.54, 1.807) is 0 Å². The number of alkyl halides is 2. The number of aliphatic imine (C=N–C) groups is 1. The van der Waals surface area contributed by atoms with Gasteiger partial charge in [0.15, 0.2) is 0 Å². The normalized spacial score (nSPS) is 27.4. The Bertz CT molecular complexity index is 275. The van der Waals surface area contributed by atoms with Crippen molar-refractivity contribution in [3.05, 3.63) is 0 Å². The Hall–Kier alpha value is -0.710. The van der Waals surface area contributed by atoms with E-state index in [1.807, 2.05) is 0 Å². The van der Waals surface area contributed by atoms with Gasteiger partial charge in [0.25, 0.3) is 0 Å². The molecule has 0 saturated heterocycles. The largest absolute Gasteiger partial charge is 0.312 e. The van der Waals surface area contributed by atoms with E-state index in [0.717, 1.165) is 18.7 Å². The minimum absolute atomic E-state index is 0.0387. The van der Waals surface area contributed by atoms with E-state index in [-0.39, 0.29) is 18.8 Å². The molecule has 0 aromatic heterocycles. The number of nitrogens with two attached hydrogens (primary N) is 1. The van der Waals surface area contributed by atoms with Crippen LogP contribution >= 0.6 is 0 Å². The third-order valence-corrected chi connectivity index (χ3v) is 3.90. The third kappa shape index (κ3) is 3.37. The van der Waals surface area contributed by atoms with Crippen LogP contribution in [0.25, 0.3) is 0 Å². The predicted octanol–water partition coefficient (Wildman–Crippen LogP) is 2.62. The number of nitrogens with zero attached hydrogens (tertiary/aromatic N) is 1. The predicted molar refractivity (Wildman–Crippen MR) is 63.9 cm³/mol. The fourth-order valence-corrected chi connectivity index (χ4v) is 2.80. The van der Waals surface area contributed by atoms with Gasteiger partial charge in [-0.2, -0.15) is 0 Å². The summed E-state index contributed by atoms with van der Waals surface area (Å²) >= 11 is 0. The van der Waals surface area contributed by atoms with Crippen LogP contribution in [0, 0.1) is 5.92 Å². The summed E-state index contributed by atoms with van der Waals surface area (Å²) in [5.41, 5.74) is 2.63. The fourth-order valence-electron chi connectivity index (χ4n) is 2.80. The van der Waals surface area contributed by atoms with Crippen molar-refractivity contribution < 1.29 is 8.78 Å². The van der Waals surface area contributed by atoms with Gasteiger partial charge in [-0.15, -0.1) is 0 Å². The van der Waals surface area contributed by atoms with Gasteiger partial charge in [-0.3, -0.25) is 4.99 Å². The molecule has 98 valence electrons. The van der Waals surface area contributed by atoms with Crippen LogP contribution < -0.4 is 11.3 Å². The first-order chi connectivity index (χ1) is 8.11. The monoisotopic (exact) mass is 245 g/mol. The molecular formula is C12H21F2N3. The molecule has 0 aromatic carbocycles. The summed E-state index contributed by atoms with van der Waals surface area (Å²) in [5.74, 6) is 3.84. The van der Waals surface area contributed by atoms with E-state index in [0.29, 0.717) is 18.9 Å². The van der Waals surface area contributed by atoms with Crippen LogP contribution in [0.3, 0.4) is 0 Å². The van der Waals surface area contributed by atoms with Gasteiger partial charge in [-0.25, -0.2) is 14.6 Å². The molecule has 0 atom stereocenters. The third-order valence-electron chi connectivity index (χ3n) is 3.90. The molecule has 0 aliphatic heterocycles. The van der Waals surface area contributed by atoms with E-state index in [1.165, 1.54) is 12.8 Å². The topological polar surface area (TPSA) is 50.4 Å². The maximum absolute atomic E-state index is 13.1. The van der Waals surface area contributed by atoms with E-state index in [9.17, 15) is 8.78 Å². The van der Waals surface area contributed by atoms with E-state index >= 15 is 0 Å². The van der Waals surface area contributed by atoms with Crippen LogP contribution in [0.4, 0.5) is 8.78 Å². The molecule has 0 spiro atoms. The minimum atomic E-state index is -2.48. The molecule has 0 bridgehead atoms. The zero-order chi connectivity index (χ0) is 12.3. The summed E-state index contributed by atoms with van der Waals surface area (Å²) < 4.78 is 26.1. The molecule has 2 saturated carbocycles. The zero-order valence-corrected chi connectivity index (χ0v) is 10.1. The Kier molecular flexibility index (Phi) is 3.97. The minimum Gasteiger partial charge on any atom is -0.312 e. The molecule has 0 unspecified atom stereocenters. The molecule has 0 radical (unpaired) electrons. The molecule has 5 heteroatoms. The van der Waals surface area contributed by atoms with Crippen LogP contribution in [0.2, 0.25) is 0 Å². The van der Waals surface area contributed by atoms with Crippen molar-refractivity contribution in [2.75, 3.05) is 0 Å². The number of rotatable bonds is 2. The van der Waals surface area contributed by atoms with E-state index in [2.05, 4.69) is 10.4 Å². The smallest absolute Gasteiger partial charge is 0.248 e. The fraction of sp³-hybridized carbons (Fsp3) is 0.917. The maximum Gasteiger partial charge on any atom is 0.248 e. The van der Waals surface area contributed by atoms with Crippen LogP contribution in [0.15, 0.2) is 4.99 Å². The highest BCUT2D eigenvalue weighted by Crippen LogP contribution is 2.36. The number of hydrazine groups is 1. The van der Waals surface area contributed by atoms with Crippen molar-refractivity contribution in [3.63, 3.8) is 0 Å². The molecule has 3 N–H and O–H groups in total. The quantitative estimate of drug-likeness (QED) is 0.340. The van der Waals surface area contributed by atoms with E-state index < -0.39 is 5.92 Å². The van der Waals surface area contributed by atoms with Gasteiger partial charge in [0.2, 0.25) is 5.92 Å². The molecular weight excluding hydrogens is 224 g/mol. The van der Waals surface area contributed by atoms with Gasteiger partial charge in [0, 0.05) is 18.8 Å². The lowest BCUT2D eigenvalue weighted by molar-refractivity contribution is -0.0396. The highest BCUT2D eigenvalue weighted by molar-refractivity contribution is 5.84. The lowest BCUT2D eigenvalue weighted by Gasteiger charge is -2.29. The zero-order valence-electron chi connectivity index (χ0n) is 10.1. The second-order valence-corrected chi connectivity index (χ2v) is 5.23. The number of hydrogen-bond acceptors (Lipinski definition) is 2. The van der Waals surface area contributed by atoms with Gasteiger partial charge in [0.1, 0.15) is 5.84 Å². The van der Waals surface area contributed by atoms with Crippen LogP contribution in [-0.4, -0.2) is 17.8 Å². The number of hydrogen-bond donors (Lipinski definition) is 2. The summed E-state index contributed by atoms with van der Waals surface area (Å²) in [7, 11) is 0. The van der Waals surface area contributed by atoms with Crippen molar-refractivity contribution in [1.29, 1.82) is 0 Å². The molecule has 17 heavy (non-hydrogen) atoms. The first-order valence-electron chi connectivity index (χ1n) is 6.53. The molecule has 2 aliphatic rings. The summed E-state index contributed by atoms with van der Waals surface area (Å²) in [4.78, 5) is 4.60. The summed E-state index contributed by atoms with van der Waals surface area (Å²) in [5, 5.41) is 0. The maximum atomic E-state index is 13.1. The van der Waals surface area contributed by atoms with Gasteiger partial charge in [-0.1, -0.05) is 12.8 Å². The molecule has 2 aliphatic carbocycles. The van der Waals surface area contributed by atoms with Gasteiger partial charge in [0.05, 0.1) is 6.04 Å². The first-order valence-corrected chi connectivity index (χ1v) is 6.53. The van der Waals surface area contributed by atoms with Crippen LogP contribution in [0.1, 0.15) is 51.4 Å². The number of nitrogens with one attached hydrogen (secondary N) is 1. The molecule has 0 heterocycles. The van der Waals surface area contributed by atoms with Crippen molar-refractivity contribution in [2.24, 2.45) is 16.8 Å². The second-order valence-electron chi connectivity index (χ2n) is 5.23. The van der Waals surface area contributed by atoms with Crippen molar-refractivity contribution in [3.8, 4) is 0 Å². The van der Waals surface area contributed by atoms with Crippen molar-refractivity contribution >= 4 is 5.84 Å². The van der Waals surface area contributed by atoms with E-state index in [4.69, 9.17) is 5.84 Å². The standard InChI is InChI=1S/C12H21F2N3/c13-12(14)7-5-9(6-8-12)11(17-15)16-10-3-1-2-4-10/h9-10H,1-8,15H2,(H,16,17). The molecule has 0 aromatic rings. The molecule has 2 rings (SSSR count). The highest BCUT2D eigenvalue weighted by atomic mass is 19.3. The second kappa shape index (κ2) is 5.29. The lowest BCUT2D eigenvalue weighted by atomic mass is 9.86. The molecule has 2 fully saturated rings. The number of halogens is 2. The molecule has 0 amide bonds. The average Bonchev–Trinajstić information content (AvgIpc) is 2.79. The Labute approximate surface area is 101 Å². The molecule has 3 nitrogen and oxygen atoms in total. The van der Waals surface area contributed by atoms with Crippen LogP contribution in [-0.2, 0) is 0 Å². The summed E-state index contributed by atoms with van der Waals surface area (Å²) in [6.07, 6.45) is 5.54. The SMILES string of the molecule is NNC(=NC1CCCC1)C1CCC(F)(F)CC1. The van der Waals surface area contributed by atoms with Gasteiger partial charge < -0.3 is 5.43 Å². The van der Waals surface area contributed by atoms with Crippen molar-refractivity contribution in [2.45, 2.75) is 63.3 Å². The Morgan fingerprint density at radius 2 is 1.71 bits per heavy atom. The summed E-state index contributed by atoms with van der Waals surface area (Å²) in [6.45, 7) is 0. The highest BCUT2D eigenvalue weighted by Gasteiger charge is 2.36. The Morgan fingerprint density at radius 1 is 1.12 bits per heavy atom. The van der Waals surface area contributed by atoms with Gasteiger partial charge >= 0.3 is 0 Å². The van der Waals surface area contributed by atoms with Gasteiger partial charge in [-0.05, 0) is 25.7 Å². The van der Waals surface area contributed by atoms with Crippen molar-refractivity contribution in [1.82, 2.24) is 5.43 Å². The summed E-state index contributed by atoms with van der Waals surface area (Å²) in [6, 6.07) is 0.350. The average molecular weight is 245 g/mol. The van der Waals surface area contributed by atoms with Crippen LogP contribution in [0.5, 0.6) is 0 Å². The number of amidine groups is 1.